The Hall–Kier alpha value is -2.63. The lowest BCUT2D eigenvalue weighted by molar-refractivity contribution is 0.0668. The molecule has 2 aromatic rings. The maximum atomic E-state index is 12.9. The highest BCUT2D eigenvalue weighted by molar-refractivity contribution is 5.86. The molecule has 0 saturated carbocycles. The highest BCUT2D eigenvalue weighted by Gasteiger charge is 2.10. The quantitative estimate of drug-likeness (QED) is 0.903. The number of carboxylic acid groups (broad SMARTS) is 1. The van der Waals surface area contributed by atoms with Gasteiger partial charge in [0.25, 0.3) is 5.56 Å². The van der Waals surface area contributed by atoms with Crippen LogP contribution in [0.1, 0.15) is 15.9 Å². The summed E-state index contributed by atoms with van der Waals surface area (Å²) in [7, 11) is 0. The fraction of sp³-hybridized carbons (Fsp3) is 0.0769. The van der Waals surface area contributed by atoms with Gasteiger partial charge in [0, 0.05) is 6.20 Å². The molecule has 5 nitrogen and oxygen atoms in total. The van der Waals surface area contributed by atoms with E-state index in [9.17, 15) is 14.0 Å². The summed E-state index contributed by atoms with van der Waals surface area (Å²) in [6.07, 6.45) is 1.30. The van der Waals surface area contributed by atoms with Crippen LogP contribution in [0.2, 0.25) is 0 Å². The Kier molecular flexibility index (Phi) is 3.61. The molecule has 1 aromatic carbocycles. The first-order valence-electron chi connectivity index (χ1n) is 5.40. The minimum Gasteiger partial charge on any atom is -0.477 e. The second kappa shape index (κ2) is 5.34. The summed E-state index contributed by atoms with van der Waals surface area (Å²) in [5.41, 5.74) is -0.624. The van der Waals surface area contributed by atoms with Crippen molar-refractivity contribution in [3.8, 4) is 0 Å². The van der Waals surface area contributed by atoms with Crippen molar-refractivity contribution in [3.05, 3.63) is 69.9 Å². The van der Waals surface area contributed by atoms with Gasteiger partial charge in [-0.3, -0.25) is 4.79 Å². The fourth-order valence-electron chi connectivity index (χ4n) is 1.51. The van der Waals surface area contributed by atoms with Crippen molar-refractivity contribution in [2.24, 2.45) is 0 Å². The van der Waals surface area contributed by atoms with Gasteiger partial charge in [-0.1, -0.05) is 12.1 Å². The lowest BCUT2D eigenvalue weighted by Crippen LogP contribution is -2.30. The maximum absolute atomic E-state index is 12.9. The molecule has 0 fully saturated rings. The number of aromatic carboxylic acids is 1. The zero-order valence-electron chi connectivity index (χ0n) is 9.75. The van der Waals surface area contributed by atoms with E-state index in [-0.39, 0.29) is 12.2 Å². The van der Waals surface area contributed by atoms with Gasteiger partial charge in [0.2, 0.25) is 0 Å². The number of aromatic nitrogens is 1. The van der Waals surface area contributed by atoms with E-state index in [1.54, 1.807) is 6.07 Å². The van der Waals surface area contributed by atoms with Gasteiger partial charge in [0.1, 0.15) is 18.0 Å². The number of rotatable bonds is 4. The van der Waals surface area contributed by atoms with Crippen LogP contribution in [0.5, 0.6) is 0 Å². The number of hydrogen-bond acceptors (Lipinski definition) is 3. The predicted octanol–water partition coefficient (Wildman–Crippen LogP) is 1.31. The summed E-state index contributed by atoms with van der Waals surface area (Å²) in [6, 6.07) is 8.29. The van der Waals surface area contributed by atoms with Crippen LogP contribution >= 0.6 is 0 Å². The van der Waals surface area contributed by atoms with Gasteiger partial charge in [-0.15, -0.1) is 0 Å². The van der Waals surface area contributed by atoms with Crippen molar-refractivity contribution in [3.63, 3.8) is 0 Å². The Morgan fingerprint density at radius 3 is 2.79 bits per heavy atom. The highest BCUT2D eigenvalue weighted by atomic mass is 19.1. The van der Waals surface area contributed by atoms with Crippen LogP contribution in [0.4, 0.5) is 4.39 Å². The Morgan fingerprint density at radius 2 is 2.11 bits per heavy atom. The summed E-state index contributed by atoms with van der Waals surface area (Å²) in [5, 5.41) is 8.79. The second-order valence-corrected chi connectivity index (χ2v) is 3.76. The number of carbonyl (C=O) groups is 1. The van der Waals surface area contributed by atoms with Gasteiger partial charge >= 0.3 is 5.97 Å². The average molecular weight is 263 g/mol. The minimum atomic E-state index is -1.33. The van der Waals surface area contributed by atoms with Crippen LogP contribution in [-0.2, 0) is 6.61 Å². The molecule has 6 heteroatoms. The first kappa shape index (κ1) is 12.8. The standard InChI is InChI=1S/C13H10FNO4/c14-10-4-1-3-9(7-10)8-19-15-6-2-5-11(12(15)16)13(17)18/h1-7H,8H2,(H,17,18). The van der Waals surface area contributed by atoms with Gasteiger partial charge < -0.3 is 9.94 Å². The van der Waals surface area contributed by atoms with E-state index in [2.05, 4.69) is 0 Å². The Balaban J connectivity index is 2.19. The van der Waals surface area contributed by atoms with Gasteiger partial charge in [-0.05, 0) is 29.8 Å². The number of halogens is 1. The molecule has 0 aliphatic heterocycles. The largest absolute Gasteiger partial charge is 0.477 e. The van der Waals surface area contributed by atoms with E-state index in [1.165, 1.54) is 36.5 Å². The minimum absolute atomic E-state index is 0.0409. The molecule has 0 amide bonds. The van der Waals surface area contributed by atoms with Crippen LogP contribution < -0.4 is 10.4 Å². The van der Waals surface area contributed by atoms with Crippen LogP contribution in [-0.4, -0.2) is 15.8 Å². The predicted molar refractivity (Wildman–Crippen MR) is 64.3 cm³/mol. The summed E-state index contributed by atoms with van der Waals surface area (Å²) >= 11 is 0. The molecule has 0 saturated heterocycles. The Labute approximate surface area is 107 Å². The molecular weight excluding hydrogens is 253 g/mol. The third kappa shape index (κ3) is 2.98. The number of nitrogens with zero attached hydrogens (tertiary/aromatic N) is 1. The van der Waals surface area contributed by atoms with E-state index in [0.29, 0.717) is 5.56 Å². The summed E-state index contributed by atoms with van der Waals surface area (Å²) in [6.45, 7) is -0.0409. The molecule has 0 spiro atoms. The van der Waals surface area contributed by atoms with Gasteiger partial charge in [-0.2, -0.15) is 4.73 Å². The second-order valence-electron chi connectivity index (χ2n) is 3.76. The number of carboxylic acids is 1. The molecule has 2 rings (SSSR count). The number of hydrogen-bond donors (Lipinski definition) is 1. The zero-order valence-corrected chi connectivity index (χ0v) is 9.75. The Morgan fingerprint density at radius 1 is 1.32 bits per heavy atom. The molecule has 0 bridgehead atoms. The van der Waals surface area contributed by atoms with Crippen molar-refractivity contribution in [1.82, 2.24) is 4.73 Å². The average Bonchev–Trinajstić information content (AvgIpc) is 2.37. The molecule has 0 unspecified atom stereocenters. The van der Waals surface area contributed by atoms with E-state index >= 15 is 0 Å². The molecule has 98 valence electrons. The molecule has 1 aromatic heterocycles. The van der Waals surface area contributed by atoms with Crippen molar-refractivity contribution in [1.29, 1.82) is 0 Å². The van der Waals surface area contributed by atoms with Gasteiger partial charge in [0.15, 0.2) is 0 Å². The molecule has 0 aliphatic rings. The van der Waals surface area contributed by atoms with E-state index in [1.807, 2.05) is 0 Å². The molecule has 0 radical (unpaired) electrons. The normalized spacial score (nSPS) is 10.2. The SMILES string of the molecule is O=C(O)c1cccn(OCc2cccc(F)c2)c1=O. The molecule has 19 heavy (non-hydrogen) atoms. The van der Waals surface area contributed by atoms with Crippen molar-refractivity contribution in [2.45, 2.75) is 6.61 Å². The lowest BCUT2D eigenvalue weighted by atomic mass is 10.2. The molecule has 1 N–H and O–H groups in total. The summed E-state index contributed by atoms with van der Waals surface area (Å²) in [5.74, 6) is -1.73. The monoisotopic (exact) mass is 263 g/mol. The van der Waals surface area contributed by atoms with Crippen molar-refractivity contribution >= 4 is 5.97 Å². The van der Waals surface area contributed by atoms with Crippen molar-refractivity contribution in [2.75, 3.05) is 0 Å². The van der Waals surface area contributed by atoms with Crippen molar-refractivity contribution < 1.29 is 19.1 Å². The molecule has 0 aliphatic carbocycles. The first-order chi connectivity index (χ1) is 9.08. The smallest absolute Gasteiger partial charge is 0.341 e. The topological polar surface area (TPSA) is 68.5 Å². The maximum Gasteiger partial charge on any atom is 0.341 e. The fourth-order valence-corrected chi connectivity index (χ4v) is 1.51. The molecule has 1 heterocycles. The zero-order chi connectivity index (χ0) is 13.8. The van der Waals surface area contributed by atoms with E-state index in [4.69, 9.17) is 9.94 Å². The third-order valence-corrected chi connectivity index (χ3v) is 2.40. The van der Waals surface area contributed by atoms with Crippen LogP contribution in [0.15, 0.2) is 47.4 Å². The van der Waals surface area contributed by atoms with Gasteiger partial charge in [0.05, 0.1) is 0 Å². The first-order valence-corrected chi connectivity index (χ1v) is 5.40. The third-order valence-electron chi connectivity index (χ3n) is 2.40. The van der Waals surface area contributed by atoms with E-state index in [0.717, 1.165) is 4.73 Å². The molecule has 0 atom stereocenters. The van der Waals surface area contributed by atoms with E-state index < -0.39 is 17.3 Å². The number of benzene rings is 1. The van der Waals surface area contributed by atoms with Crippen LogP contribution in [0, 0.1) is 5.82 Å². The summed E-state index contributed by atoms with van der Waals surface area (Å²) < 4.78 is 13.8. The number of pyridine rings is 1. The molecular formula is C13H10FNO4. The van der Waals surface area contributed by atoms with Crippen LogP contribution in [0.25, 0.3) is 0 Å². The summed E-state index contributed by atoms with van der Waals surface area (Å²) in [4.78, 5) is 27.6. The van der Waals surface area contributed by atoms with Crippen LogP contribution in [0.3, 0.4) is 0 Å². The Bertz CT molecular complexity index is 666. The van der Waals surface area contributed by atoms with Gasteiger partial charge in [-0.25, -0.2) is 9.18 Å². The highest BCUT2D eigenvalue weighted by Crippen LogP contribution is 2.03. The lowest BCUT2D eigenvalue weighted by Gasteiger charge is -2.08.